The number of nitrogens with one attached hydrogen (secondary N) is 1. The molecule has 0 amide bonds. The zero-order valence-corrected chi connectivity index (χ0v) is 8.04. The Labute approximate surface area is 81.7 Å². The molecule has 0 aliphatic rings. The number of nitrogens with zero attached hydrogens (tertiary/aromatic N) is 1. The summed E-state index contributed by atoms with van der Waals surface area (Å²) >= 11 is 3.18. The average Bonchev–Trinajstić information content (AvgIpc) is 2.53. The maximum absolute atomic E-state index is 10.7. The van der Waals surface area contributed by atoms with Crippen LogP contribution >= 0.6 is 15.9 Å². The number of halogens is 1. The maximum Gasteiger partial charge on any atom is 0.264 e. The maximum atomic E-state index is 10.7. The van der Waals surface area contributed by atoms with E-state index in [-0.39, 0.29) is 5.56 Å². The number of hydrogen-bond donors (Lipinski definition) is 1. The molecule has 4 nitrogen and oxygen atoms in total. The Morgan fingerprint density at radius 3 is 2.69 bits per heavy atom. The third-order valence-electron chi connectivity index (χ3n) is 1.50. The molecule has 0 radical (unpaired) electrons. The highest BCUT2D eigenvalue weighted by Gasteiger charge is 2.03. The minimum Gasteiger partial charge on any atom is -0.448 e. The summed E-state index contributed by atoms with van der Waals surface area (Å²) in [5.74, 6) is 0.614. The first-order valence-electron chi connectivity index (χ1n) is 3.57. The lowest BCUT2D eigenvalue weighted by Crippen LogP contribution is -2.05. The lowest BCUT2D eigenvalue weighted by atomic mass is 10.3. The molecule has 2 rings (SSSR count). The number of H-pyrrole nitrogens is 1. The third-order valence-corrected chi connectivity index (χ3v) is 1.93. The van der Waals surface area contributed by atoms with E-state index in [0.29, 0.717) is 16.1 Å². The summed E-state index contributed by atoms with van der Waals surface area (Å²) in [6.45, 7) is 0. The van der Waals surface area contributed by atoms with Gasteiger partial charge in [0.2, 0.25) is 0 Å². The van der Waals surface area contributed by atoms with E-state index in [9.17, 15) is 4.79 Å². The van der Waals surface area contributed by atoms with Crippen molar-refractivity contribution in [3.8, 4) is 11.5 Å². The number of furan rings is 1. The first kappa shape index (κ1) is 8.25. The highest BCUT2D eigenvalue weighted by Crippen LogP contribution is 2.21. The normalized spacial score (nSPS) is 10.2. The number of hydrogen-bond acceptors (Lipinski definition) is 3. The molecular formula is C8H5BrN2O2. The first-order valence-corrected chi connectivity index (χ1v) is 4.36. The molecule has 2 aromatic rings. The molecule has 0 atom stereocenters. The molecule has 2 aromatic heterocycles. The van der Waals surface area contributed by atoms with Crippen LogP contribution in [0.15, 0.2) is 38.1 Å². The molecule has 0 aromatic carbocycles. The summed E-state index contributed by atoms with van der Waals surface area (Å²) < 4.78 is 5.88. The lowest BCUT2D eigenvalue weighted by molar-refractivity contribution is 0.552. The van der Waals surface area contributed by atoms with Crippen molar-refractivity contribution in [2.75, 3.05) is 0 Å². The Balaban J connectivity index is 2.47. The van der Waals surface area contributed by atoms with Gasteiger partial charge >= 0.3 is 0 Å². The SMILES string of the molecule is O=c1ccc(-c2ccc(Br)o2)n[nH]1. The van der Waals surface area contributed by atoms with E-state index in [0.717, 1.165) is 0 Å². The number of aromatic amines is 1. The van der Waals surface area contributed by atoms with E-state index in [4.69, 9.17) is 4.42 Å². The summed E-state index contributed by atoms with van der Waals surface area (Å²) in [4.78, 5) is 10.7. The van der Waals surface area contributed by atoms with E-state index in [1.807, 2.05) is 0 Å². The van der Waals surface area contributed by atoms with Crippen LogP contribution in [0.25, 0.3) is 11.5 Å². The quantitative estimate of drug-likeness (QED) is 0.827. The predicted molar refractivity (Wildman–Crippen MR) is 50.3 cm³/mol. The molecule has 0 spiro atoms. The average molecular weight is 241 g/mol. The van der Waals surface area contributed by atoms with E-state index in [1.165, 1.54) is 6.07 Å². The smallest absolute Gasteiger partial charge is 0.264 e. The molecule has 66 valence electrons. The highest BCUT2D eigenvalue weighted by molar-refractivity contribution is 9.10. The van der Waals surface area contributed by atoms with Crippen LogP contribution in [0, 0.1) is 0 Å². The zero-order chi connectivity index (χ0) is 9.26. The molecule has 0 unspecified atom stereocenters. The molecular weight excluding hydrogens is 236 g/mol. The van der Waals surface area contributed by atoms with Crippen LogP contribution in [-0.4, -0.2) is 10.2 Å². The van der Waals surface area contributed by atoms with E-state index in [1.54, 1.807) is 18.2 Å². The van der Waals surface area contributed by atoms with Gasteiger partial charge in [-0.2, -0.15) is 5.10 Å². The second-order valence-corrected chi connectivity index (χ2v) is 3.19. The van der Waals surface area contributed by atoms with Crippen LogP contribution in [0.5, 0.6) is 0 Å². The molecule has 0 aliphatic heterocycles. The minimum atomic E-state index is -0.227. The second-order valence-electron chi connectivity index (χ2n) is 2.41. The van der Waals surface area contributed by atoms with E-state index < -0.39 is 0 Å². The lowest BCUT2D eigenvalue weighted by Gasteiger charge is -1.92. The fraction of sp³-hybridized carbons (Fsp3) is 0. The van der Waals surface area contributed by atoms with Gasteiger partial charge in [0, 0.05) is 6.07 Å². The highest BCUT2D eigenvalue weighted by atomic mass is 79.9. The topological polar surface area (TPSA) is 58.9 Å². The molecule has 0 fully saturated rings. The van der Waals surface area contributed by atoms with Crippen molar-refractivity contribution >= 4 is 15.9 Å². The van der Waals surface area contributed by atoms with Gasteiger partial charge in [0.15, 0.2) is 10.4 Å². The minimum absolute atomic E-state index is 0.227. The molecule has 1 N–H and O–H groups in total. The predicted octanol–water partition coefficient (Wildman–Crippen LogP) is 1.79. The molecule has 0 aliphatic carbocycles. The van der Waals surface area contributed by atoms with Gasteiger partial charge in [-0.05, 0) is 34.1 Å². The van der Waals surface area contributed by atoms with Crippen molar-refractivity contribution in [2.45, 2.75) is 0 Å². The fourth-order valence-electron chi connectivity index (χ4n) is 0.934. The largest absolute Gasteiger partial charge is 0.448 e. The number of aromatic nitrogens is 2. The van der Waals surface area contributed by atoms with Gasteiger partial charge in [-0.15, -0.1) is 0 Å². The molecule has 5 heteroatoms. The Kier molecular flexibility index (Phi) is 2.02. The van der Waals surface area contributed by atoms with Gasteiger partial charge in [-0.25, -0.2) is 5.10 Å². The van der Waals surface area contributed by atoms with Gasteiger partial charge in [0.05, 0.1) is 0 Å². The molecule has 0 saturated heterocycles. The summed E-state index contributed by atoms with van der Waals surface area (Å²) in [6, 6.07) is 6.54. The van der Waals surface area contributed by atoms with Crippen LogP contribution in [0.4, 0.5) is 0 Å². The van der Waals surface area contributed by atoms with Crippen LogP contribution in [0.1, 0.15) is 0 Å². The molecule has 0 saturated carbocycles. The summed E-state index contributed by atoms with van der Waals surface area (Å²) in [5, 5.41) is 6.14. The standard InChI is InChI=1S/C8H5BrN2O2/c9-7-3-2-6(13-7)5-1-4-8(12)11-10-5/h1-4H,(H,11,12). The van der Waals surface area contributed by atoms with Gasteiger partial charge in [0.1, 0.15) is 5.69 Å². The molecule has 2 heterocycles. The first-order chi connectivity index (χ1) is 6.25. The Hall–Kier alpha value is -1.36. The van der Waals surface area contributed by atoms with Gasteiger partial charge in [-0.1, -0.05) is 0 Å². The Morgan fingerprint density at radius 1 is 1.31 bits per heavy atom. The van der Waals surface area contributed by atoms with E-state index in [2.05, 4.69) is 26.1 Å². The van der Waals surface area contributed by atoms with Crippen molar-refractivity contribution in [3.63, 3.8) is 0 Å². The van der Waals surface area contributed by atoms with Crippen LogP contribution in [0.2, 0.25) is 0 Å². The monoisotopic (exact) mass is 240 g/mol. The summed E-state index contributed by atoms with van der Waals surface area (Å²) in [7, 11) is 0. The Bertz CT molecular complexity index is 454. The van der Waals surface area contributed by atoms with Crippen LogP contribution in [-0.2, 0) is 0 Å². The van der Waals surface area contributed by atoms with Crippen molar-refractivity contribution in [1.82, 2.24) is 10.2 Å². The summed E-state index contributed by atoms with van der Waals surface area (Å²) in [5.41, 5.74) is 0.375. The number of rotatable bonds is 1. The van der Waals surface area contributed by atoms with Crippen molar-refractivity contribution < 1.29 is 4.42 Å². The summed E-state index contributed by atoms with van der Waals surface area (Å²) in [6.07, 6.45) is 0. The second kappa shape index (κ2) is 3.18. The van der Waals surface area contributed by atoms with Gasteiger partial charge < -0.3 is 4.42 Å². The van der Waals surface area contributed by atoms with Gasteiger partial charge in [0.25, 0.3) is 5.56 Å². The van der Waals surface area contributed by atoms with Crippen LogP contribution in [0.3, 0.4) is 0 Å². The van der Waals surface area contributed by atoms with Crippen LogP contribution < -0.4 is 5.56 Å². The van der Waals surface area contributed by atoms with Gasteiger partial charge in [-0.3, -0.25) is 4.79 Å². The van der Waals surface area contributed by atoms with Crippen molar-refractivity contribution in [1.29, 1.82) is 0 Å². The Morgan fingerprint density at radius 2 is 2.15 bits per heavy atom. The zero-order valence-electron chi connectivity index (χ0n) is 6.45. The fourth-order valence-corrected chi connectivity index (χ4v) is 1.24. The molecule has 13 heavy (non-hydrogen) atoms. The third kappa shape index (κ3) is 1.70. The van der Waals surface area contributed by atoms with Crippen molar-refractivity contribution in [2.24, 2.45) is 0 Å². The van der Waals surface area contributed by atoms with Crippen molar-refractivity contribution in [3.05, 3.63) is 39.3 Å². The molecule has 0 bridgehead atoms. The van der Waals surface area contributed by atoms with E-state index >= 15 is 0 Å².